The second-order valence-corrected chi connectivity index (χ2v) is 10.6. The number of aliphatic hydroxyl groups excluding tert-OH is 2. The molecule has 15 heteroatoms. The average Bonchev–Trinajstić information content (AvgIpc) is 3.17. The molecule has 0 amide bonds. The number of hydrogen-bond acceptors (Lipinski definition) is 9. The lowest BCUT2D eigenvalue weighted by molar-refractivity contribution is -0.122. The Kier molecular flexibility index (Phi) is 8.80. The number of benzene rings is 2. The van der Waals surface area contributed by atoms with Crippen LogP contribution in [0.15, 0.2) is 81.6 Å². The Morgan fingerprint density at radius 1 is 1.15 bits per heavy atom. The molecular formula is C24H27N6O8P. The van der Waals surface area contributed by atoms with E-state index in [2.05, 4.69) is 15.1 Å². The summed E-state index contributed by atoms with van der Waals surface area (Å²) in [7, 11) is -4.16. The number of hydrogen-bond donors (Lipinski definition) is 4. The zero-order valence-electron chi connectivity index (χ0n) is 20.8. The molecule has 2 heterocycles. The highest BCUT2D eigenvalue weighted by atomic mass is 31.2. The van der Waals surface area contributed by atoms with Crippen molar-refractivity contribution in [1.29, 1.82) is 0 Å². The first kappa shape index (κ1) is 28.4. The van der Waals surface area contributed by atoms with Crippen molar-refractivity contribution in [3.8, 4) is 0 Å². The van der Waals surface area contributed by atoms with Gasteiger partial charge in [0.1, 0.15) is 12.2 Å². The van der Waals surface area contributed by atoms with Gasteiger partial charge in [0.05, 0.1) is 13.2 Å². The topological polar surface area (TPSA) is 201 Å². The number of aryl methyl sites for hydroxylation is 1. The number of ether oxygens (including phenoxy) is 1. The fraction of sp³-hybridized carbons (Fsp3) is 0.333. The number of aromatic nitrogens is 2. The predicted octanol–water partition coefficient (Wildman–Crippen LogP) is 2.23. The minimum atomic E-state index is -4.16. The monoisotopic (exact) mass is 558 g/mol. The zero-order chi connectivity index (χ0) is 28.0. The molecule has 5 atom stereocenters. The quantitative estimate of drug-likeness (QED) is 0.118. The van der Waals surface area contributed by atoms with E-state index in [-0.39, 0.29) is 13.2 Å². The van der Waals surface area contributed by atoms with Gasteiger partial charge in [-0.3, -0.25) is 23.4 Å². The van der Waals surface area contributed by atoms with Gasteiger partial charge in [-0.1, -0.05) is 59.7 Å². The second kappa shape index (κ2) is 12.1. The van der Waals surface area contributed by atoms with Crippen molar-refractivity contribution in [2.75, 3.05) is 6.61 Å². The third kappa shape index (κ3) is 6.53. The third-order valence-electron chi connectivity index (χ3n) is 6.15. The van der Waals surface area contributed by atoms with E-state index in [4.69, 9.17) is 13.8 Å². The maximum Gasteiger partial charge on any atom is 0.406 e. The van der Waals surface area contributed by atoms with Crippen molar-refractivity contribution in [3.63, 3.8) is 0 Å². The van der Waals surface area contributed by atoms with Crippen LogP contribution in [0.3, 0.4) is 0 Å². The van der Waals surface area contributed by atoms with Gasteiger partial charge in [0.25, 0.3) is 5.56 Å². The number of H-pyrrole nitrogens is 1. The van der Waals surface area contributed by atoms with Crippen LogP contribution in [-0.4, -0.2) is 44.3 Å². The van der Waals surface area contributed by atoms with Crippen LogP contribution in [0.2, 0.25) is 0 Å². The van der Waals surface area contributed by atoms with Crippen molar-refractivity contribution in [3.05, 3.63) is 115 Å². The molecule has 1 aliphatic heterocycles. The van der Waals surface area contributed by atoms with Crippen molar-refractivity contribution >= 4 is 7.75 Å². The number of rotatable bonds is 11. The smallest absolute Gasteiger partial charge is 0.387 e. The highest BCUT2D eigenvalue weighted by Crippen LogP contribution is 2.48. The standard InChI is InChI=1S/C24H27N6O8P/c1-16-7-5-6-10-18(16)14-36-39(35,26-13-17-8-3-2-4-9-17)37-15-24(28-29-25)21(33)20(32)22(38-24)30-12-11-19(31)27-23(30)34/h2-12,20-22,32-33H,13-15H2,1H3,(H,26,35)(H,27,31,34). The SMILES string of the molecule is Cc1ccccc1COP(=O)(NCc1ccccc1)OCC1(N=[N+]=[N-])OC(n2ccc(=O)[nH]c2=O)C(O)C1O. The number of aliphatic hydroxyl groups is 2. The Morgan fingerprint density at radius 2 is 1.87 bits per heavy atom. The molecule has 1 aromatic heterocycles. The fourth-order valence-electron chi connectivity index (χ4n) is 3.94. The molecule has 0 spiro atoms. The molecule has 0 aliphatic carbocycles. The van der Waals surface area contributed by atoms with Crippen LogP contribution in [0.1, 0.15) is 22.9 Å². The minimum Gasteiger partial charge on any atom is -0.387 e. The van der Waals surface area contributed by atoms with Crippen LogP contribution >= 0.6 is 7.75 Å². The summed E-state index contributed by atoms with van der Waals surface area (Å²) in [6.07, 6.45) is -4.21. The largest absolute Gasteiger partial charge is 0.406 e. The summed E-state index contributed by atoms with van der Waals surface area (Å²) in [5, 5.41) is 27.7. The summed E-state index contributed by atoms with van der Waals surface area (Å²) in [4.78, 5) is 28.4. The van der Waals surface area contributed by atoms with E-state index in [1.807, 2.05) is 30.1 Å². The molecule has 206 valence electrons. The molecule has 2 aromatic carbocycles. The molecule has 0 bridgehead atoms. The van der Waals surface area contributed by atoms with E-state index in [0.29, 0.717) is 0 Å². The summed E-state index contributed by atoms with van der Waals surface area (Å²) < 4.78 is 31.6. The van der Waals surface area contributed by atoms with Gasteiger partial charge >= 0.3 is 13.4 Å². The molecule has 1 saturated heterocycles. The summed E-state index contributed by atoms with van der Waals surface area (Å²) in [6, 6.07) is 17.3. The van der Waals surface area contributed by atoms with Crippen molar-refractivity contribution in [2.24, 2.45) is 5.11 Å². The lowest BCUT2D eigenvalue weighted by Gasteiger charge is -2.29. The average molecular weight is 558 g/mol. The molecule has 39 heavy (non-hydrogen) atoms. The maximum atomic E-state index is 13.8. The Labute approximate surface area is 222 Å². The Bertz CT molecular complexity index is 1510. The first-order valence-corrected chi connectivity index (χ1v) is 13.3. The molecule has 5 unspecified atom stereocenters. The summed E-state index contributed by atoms with van der Waals surface area (Å²) >= 11 is 0. The highest BCUT2D eigenvalue weighted by Gasteiger charge is 2.56. The van der Waals surface area contributed by atoms with Crippen LogP contribution < -0.4 is 16.3 Å². The lowest BCUT2D eigenvalue weighted by atomic mass is 10.1. The van der Waals surface area contributed by atoms with Gasteiger partial charge in [-0.2, -0.15) is 0 Å². The summed E-state index contributed by atoms with van der Waals surface area (Å²) in [6.45, 7) is 1.03. The Hall–Kier alpha value is -3.58. The van der Waals surface area contributed by atoms with E-state index in [1.165, 1.54) is 0 Å². The fourth-order valence-corrected chi connectivity index (χ4v) is 5.24. The maximum absolute atomic E-state index is 13.8. The molecule has 4 rings (SSSR count). The van der Waals surface area contributed by atoms with Crippen LogP contribution in [0, 0.1) is 6.92 Å². The van der Waals surface area contributed by atoms with Gasteiger partial charge in [0.15, 0.2) is 6.23 Å². The van der Waals surface area contributed by atoms with Gasteiger partial charge in [0, 0.05) is 23.7 Å². The van der Waals surface area contributed by atoms with Crippen molar-refractivity contribution in [2.45, 2.75) is 44.2 Å². The van der Waals surface area contributed by atoms with E-state index < -0.39 is 49.8 Å². The van der Waals surface area contributed by atoms with Crippen molar-refractivity contribution < 1.29 is 28.6 Å². The first-order valence-electron chi connectivity index (χ1n) is 11.8. The van der Waals surface area contributed by atoms with E-state index in [9.17, 15) is 29.9 Å². The molecule has 4 N–H and O–H groups in total. The molecule has 1 aliphatic rings. The lowest BCUT2D eigenvalue weighted by Crippen LogP contribution is -2.45. The first-order chi connectivity index (χ1) is 18.7. The van der Waals surface area contributed by atoms with Gasteiger partial charge < -0.3 is 14.9 Å². The van der Waals surface area contributed by atoms with Crippen molar-refractivity contribution in [1.82, 2.24) is 14.6 Å². The van der Waals surface area contributed by atoms with E-state index >= 15 is 0 Å². The van der Waals surface area contributed by atoms with Crippen LogP contribution in [0.5, 0.6) is 0 Å². The van der Waals surface area contributed by atoms with Crippen LogP contribution in [0.4, 0.5) is 0 Å². The van der Waals surface area contributed by atoms with Crippen LogP contribution in [-0.2, 0) is 31.5 Å². The Balaban J connectivity index is 1.59. The van der Waals surface area contributed by atoms with Gasteiger partial charge in [-0.05, 0) is 29.1 Å². The molecule has 0 saturated carbocycles. The third-order valence-corrected chi connectivity index (χ3v) is 7.64. The predicted molar refractivity (Wildman–Crippen MR) is 138 cm³/mol. The molecular weight excluding hydrogens is 531 g/mol. The normalized spacial score (nSPS) is 24.1. The van der Waals surface area contributed by atoms with Gasteiger partial charge in [-0.25, -0.2) is 14.4 Å². The molecule has 14 nitrogen and oxygen atoms in total. The number of azide groups is 1. The molecule has 3 aromatic rings. The number of aromatic amines is 1. The summed E-state index contributed by atoms with van der Waals surface area (Å²) in [5.41, 5.74) is 7.69. The second-order valence-electron chi connectivity index (χ2n) is 8.79. The molecule has 0 radical (unpaired) electrons. The van der Waals surface area contributed by atoms with Gasteiger partial charge in [-0.15, -0.1) is 0 Å². The molecule has 1 fully saturated rings. The van der Waals surface area contributed by atoms with E-state index in [0.717, 1.165) is 33.5 Å². The minimum absolute atomic E-state index is 0.0852. The van der Waals surface area contributed by atoms with Gasteiger partial charge in [0.2, 0.25) is 5.72 Å². The number of nitrogens with one attached hydrogen (secondary N) is 2. The Morgan fingerprint density at radius 3 is 2.56 bits per heavy atom. The summed E-state index contributed by atoms with van der Waals surface area (Å²) in [5.74, 6) is 0. The van der Waals surface area contributed by atoms with Crippen LogP contribution in [0.25, 0.3) is 10.4 Å². The highest BCUT2D eigenvalue weighted by molar-refractivity contribution is 7.51. The van der Waals surface area contributed by atoms with E-state index in [1.54, 1.807) is 36.4 Å². The number of nitrogens with zero attached hydrogens (tertiary/aromatic N) is 4. The zero-order valence-corrected chi connectivity index (χ0v) is 21.7.